The molecule has 3 aromatic rings. The fourth-order valence-electron chi connectivity index (χ4n) is 3.44. The van der Waals surface area contributed by atoms with Gasteiger partial charge in [-0.1, -0.05) is 12.1 Å². The summed E-state index contributed by atoms with van der Waals surface area (Å²) in [7, 11) is 1.98. The number of likely N-dealkylation sites (tertiary alicyclic amines) is 1. The van der Waals surface area contributed by atoms with Gasteiger partial charge in [-0.15, -0.1) is 0 Å². The van der Waals surface area contributed by atoms with Gasteiger partial charge in [-0.2, -0.15) is 4.98 Å². The van der Waals surface area contributed by atoms with E-state index in [9.17, 15) is 4.79 Å². The van der Waals surface area contributed by atoms with Crippen LogP contribution in [0.25, 0.3) is 11.0 Å². The Morgan fingerprint density at radius 2 is 2.20 bits per heavy atom. The number of hydrogen-bond acceptors (Lipinski definition) is 5. The number of amides is 1. The molecule has 0 bridgehead atoms. The predicted octanol–water partition coefficient (Wildman–Crippen LogP) is 2.80. The molecule has 1 aliphatic heterocycles. The fraction of sp³-hybridized carbons (Fsp3) is 0.444. The van der Waals surface area contributed by atoms with Crippen LogP contribution in [-0.4, -0.2) is 37.0 Å². The quantitative estimate of drug-likeness (QED) is 0.733. The largest absolute Gasteiger partial charge is 0.339 e. The number of aromatic nitrogens is 4. The molecule has 0 N–H and O–H groups in total. The van der Waals surface area contributed by atoms with Gasteiger partial charge in [0.15, 0.2) is 5.82 Å². The number of fused-ring (bicyclic) bond motifs is 1. The number of carbonyl (C=O) groups is 1. The molecular formula is C18H21N5O2. The number of rotatable bonds is 3. The Morgan fingerprint density at radius 3 is 2.96 bits per heavy atom. The second kappa shape index (κ2) is 5.98. The van der Waals surface area contributed by atoms with Crippen molar-refractivity contribution in [3.63, 3.8) is 0 Å². The molecule has 1 atom stereocenters. The highest BCUT2D eigenvalue weighted by molar-refractivity contribution is 5.97. The second-order valence-corrected chi connectivity index (χ2v) is 6.48. The minimum absolute atomic E-state index is 0.00412. The van der Waals surface area contributed by atoms with Crippen LogP contribution in [0.15, 0.2) is 22.7 Å². The van der Waals surface area contributed by atoms with Crippen LogP contribution in [0.1, 0.15) is 53.7 Å². The van der Waals surface area contributed by atoms with Crippen LogP contribution in [0.2, 0.25) is 0 Å². The van der Waals surface area contributed by atoms with Gasteiger partial charge in [0.1, 0.15) is 5.82 Å². The van der Waals surface area contributed by atoms with Crippen molar-refractivity contribution in [2.45, 2.75) is 39.2 Å². The molecule has 0 aliphatic carbocycles. The first-order chi connectivity index (χ1) is 12.1. The van der Waals surface area contributed by atoms with Crippen molar-refractivity contribution in [1.29, 1.82) is 0 Å². The first-order valence-electron chi connectivity index (χ1n) is 8.65. The van der Waals surface area contributed by atoms with E-state index in [1.807, 2.05) is 48.6 Å². The molecule has 0 spiro atoms. The van der Waals surface area contributed by atoms with Gasteiger partial charge in [-0.25, -0.2) is 4.98 Å². The van der Waals surface area contributed by atoms with Crippen LogP contribution in [-0.2, 0) is 13.5 Å². The lowest BCUT2D eigenvalue weighted by atomic mass is 10.1. The maximum atomic E-state index is 13.0. The topological polar surface area (TPSA) is 77.1 Å². The molecule has 130 valence electrons. The molecule has 1 unspecified atom stereocenters. The smallest absolute Gasteiger partial charge is 0.254 e. The molecular weight excluding hydrogens is 318 g/mol. The average Bonchev–Trinajstić information content (AvgIpc) is 3.33. The zero-order valence-corrected chi connectivity index (χ0v) is 14.7. The van der Waals surface area contributed by atoms with E-state index in [2.05, 4.69) is 15.1 Å². The molecule has 1 fully saturated rings. The van der Waals surface area contributed by atoms with Gasteiger partial charge in [0.05, 0.1) is 17.1 Å². The molecule has 4 rings (SSSR count). The van der Waals surface area contributed by atoms with Crippen molar-refractivity contribution >= 4 is 16.9 Å². The van der Waals surface area contributed by atoms with E-state index in [0.29, 0.717) is 30.2 Å². The lowest BCUT2D eigenvalue weighted by molar-refractivity contribution is 0.0728. The summed E-state index contributed by atoms with van der Waals surface area (Å²) in [5.74, 6) is 2.14. The Balaban J connectivity index is 1.65. The Labute approximate surface area is 145 Å². The lowest BCUT2D eigenvalue weighted by Crippen LogP contribution is -2.31. The summed E-state index contributed by atoms with van der Waals surface area (Å²) in [5, 5.41) is 4.06. The first kappa shape index (κ1) is 15.8. The van der Waals surface area contributed by atoms with Crippen molar-refractivity contribution in [2.24, 2.45) is 7.05 Å². The maximum absolute atomic E-state index is 13.0. The zero-order valence-electron chi connectivity index (χ0n) is 14.7. The first-order valence-corrected chi connectivity index (χ1v) is 8.65. The maximum Gasteiger partial charge on any atom is 0.254 e. The molecule has 7 nitrogen and oxygen atoms in total. The molecule has 3 heterocycles. The van der Waals surface area contributed by atoms with E-state index < -0.39 is 0 Å². The molecule has 7 heteroatoms. The van der Waals surface area contributed by atoms with Gasteiger partial charge in [-0.05, 0) is 38.0 Å². The fourth-order valence-corrected chi connectivity index (χ4v) is 3.44. The van der Waals surface area contributed by atoms with Crippen molar-refractivity contribution in [2.75, 3.05) is 6.54 Å². The van der Waals surface area contributed by atoms with Crippen LogP contribution < -0.4 is 0 Å². The summed E-state index contributed by atoms with van der Waals surface area (Å²) in [6.45, 7) is 4.64. The number of imidazole rings is 1. The monoisotopic (exact) mass is 339 g/mol. The average molecular weight is 339 g/mol. The Bertz CT molecular complexity index is 942. The van der Waals surface area contributed by atoms with E-state index in [-0.39, 0.29) is 11.9 Å². The van der Waals surface area contributed by atoms with E-state index in [1.165, 1.54) is 0 Å². The number of carbonyl (C=O) groups excluding carboxylic acids is 1. The zero-order chi connectivity index (χ0) is 17.6. The molecule has 1 aromatic carbocycles. The van der Waals surface area contributed by atoms with Crippen LogP contribution in [0.3, 0.4) is 0 Å². The van der Waals surface area contributed by atoms with Gasteiger partial charge < -0.3 is 14.0 Å². The van der Waals surface area contributed by atoms with Crippen molar-refractivity contribution in [1.82, 2.24) is 24.6 Å². The molecule has 1 saturated heterocycles. The van der Waals surface area contributed by atoms with Crippen LogP contribution in [0.5, 0.6) is 0 Å². The van der Waals surface area contributed by atoms with E-state index in [4.69, 9.17) is 4.52 Å². The van der Waals surface area contributed by atoms with Crippen molar-refractivity contribution in [3.8, 4) is 0 Å². The summed E-state index contributed by atoms with van der Waals surface area (Å²) in [4.78, 5) is 23.8. The van der Waals surface area contributed by atoms with Crippen molar-refractivity contribution < 1.29 is 9.32 Å². The van der Waals surface area contributed by atoms with Gasteiger partial charge in [0.2, 0.25) is 5.89 Å². The van der Waals surface area contributed by atoms with E-state index >= 15 is 0 Å². The highest BCUT2D eigenvalue weighted by Crippen LogP contribution is 2.32. The van der Waals surface area contributed by atoms with E-state index in [0.717, 1.165) is 29.7 Å². The summed E-state index contributed by atoms with van der Waals surface area (Å²) in [5.41, 5.74) is 2.52. The SMILES string of the molecule is CCc1nc(C2CCCN2C(=O)c2ccc3c(c2)nc(C)n3C)no1. The third-order valence-corrected chi connectivity index (χ3v) is 4.95. The number of nitrogens with zero attached hydrogens (tertiary/aromatic N) is 5. The minimum atomic E-state index is -0.113. The number of aryl methyl sites for hydroxylation is 3. The highest BCUT2D eigenvalue weighted by atomic mass is 16.5. The summed E-state index contributed by atoms with van der Waals surface area (Å²) in [6.07, 6.45) is 2.50. The molecule has 0 saturated carbocycles. The third kappa shape index (κ3) is 2.59. The summed E-state index contributed by atoms with van der Waals surface area (Å²) in [6, 6.07) is 5.58. The number of hydrogen-bond donors (Lipinski definition) is 0. The van der Waals surface area contributed by atoms with Crippen molar-refractivity contribution in [3.05, 3.63) is 41.3 Å². The van der Waals surface area contributed by atoms with Gasteiger partial charge in [0.25, 0.3) is 5.91 Å². The molecule has 1 aliphatic rings. The van der Waals surface area contributed by atoms with E-state index in [1.54, 1.807) is 0 Å². The third-order valence-electron chi connectivity index (χ3n) is 4.95. The lowest BCUT2D eigenvalue weighted by Gasteiger charge is -2.22. The van der Waals surface area contributed by atoms with Crippen LogP contribution in [0, 0.1) is 6.92 Å². The molecule has 0 radical (unpaired) electrons. The van der Waals surface area contributed by atoms with Gasteiger partial charge >= 0.3 is 0 Å². The predicted molar refractivity (Wildman–Crippen MR) is 92.1 cm³/mol. The summed E-state index contributed by atoms with van der Waals surface area (Å²) >= 11 is 0. The summed E-state index contributed by atoms with van der Waals surface area (Å²) < 4.78 is 7.24. The standard InChI is InChI=1S/C18H21N5O2/c1-4-16-20-17(21-25-16)15-6-5-9-23(15)18(24)12-7-8-14-13(10-12)19-11(2)22(14)3/h7-8,10,15H,4-6,9H2,1-3H3. The Hall–Kier alpha value is -2.70. The van der Waals surface area contributed by atoms with Crippen LogP contribution >= 0.6 is 0 Å². The Morgan fingerprint density at radius 1 is 1.36 bits per heavy atom. The van der Waals surface area contributed by atoms with Crippen LogP contribution in [0.4, 0.5) is 0 Å². The molecule has 1 amide bonds. The second-order valence-electron chi connectivity index (χ2n) is 6.48. The number of benzene rings is 1. The molecule has 25 heavy (non-hydrogen) atoms. The van der Waals surface area contributed by atoms with Gasteiger partial charge in [0, 0.05) is 25.6 Å². The van der Waals surface area contributed by atoms with Gasteiger partial charge in [-0.3, -0.25) is 4.79 Å². The Kier molecular flexibility index (Phi) is 3.78. The molecule has 2 aromatic heterocycles. The highest BCUT2D eigenvalue weighted by Gasteiger charge is 2.34. The normalized spacial score (nSPS) is 17.6. The minimum Gasteiger partial charge on any atom is -0.339 e.